The first-order chi connectivity index (χ1) is 13.4. The Bertz CT molecular complexity index is 839. The Morgan fingerprint density at radius 3 is 2.39 bits per heavy atom. The van der Waals surface area contributed by atoms with Crippen molar-refractivity contribution in [3.8, 4) is 0 Å². The van der Waals surface area contributed by atoms with Gasteiger partial charge in [0.25, 0.3) is 0 Å². The number of carbonyl (C=O) groups excluding carboxylic acids is 1. The first kappa shape index (κ1) is 21.0. The molecule has 0 spiro atoms. The molecule has 0 bridgehead atoms. The predicted octanol–water partition coefficient (Wildman–Crippen LogP) is 6.12. The highest BCUT2D eigenvalue weighted by Crippen LogP contribution is 2.33. The number of halogens is 4. The molecule has 0 atom stereocenters. The number of carbonyl (C=O) groups is 1. The third-order valence-corrected chi connectivity index (χ3v) is 5.69. The van der Waals surface area contributed by atoms with Gasteiger partial charge in [-0.3, -0.25) is 4.98 Å². The number of urea groups is 1. The number of hydrogen-bond donors (Lipinski definition) is 3. The van der Waals surface area contributed by atoms with E-state index < -0.39 is 11.4 Å². The van der Waals surface area contributed by atoms with Gasteiger partial charge >= 0.3 is 6.03 Å². The second kappa shape index (κ2) is 9.16. The van der Waals surface area contributed by atoms with E-state index in [1.807, 2.05) is 0 Å². The van der Waals surface area contributed by atoms with E-state index in [0.29, 0.717) is 28.0 Å². The van der Waals surface area contributed by atoms with Gasteiger partial charge in [0.2, 0.25) is 0 Å². The van der Waals surface area contributed by atoms with E-state index in [0.717, 1.165) is 32.1 Å². The topological polar surface area (TPSA) is 66.1 Å². The van der Waals surface area contributed by atoms with E-state index in [-0.39, 0.29) is 11.1 Å². The second-order valence-corrected chi connectivity index (χ2v) is 8.10. The normalized spacial score (nSPS) is 15.7. The minimum absolute atomic E-state index is 0.0474. The Morgan fingerprint density at radius 1 is 1.07 bits per heavy atom. The highest BCUT2D eigenvalue weighted by molar-refractivity contribution is 6.38. The van der Waals surface area contributed by atoms with Crippen LogP contribution in [0.3, 0.4) is 0 Å². The maximum Gasteiger partial charge on any atom is 0.319 e. The number of hydrogen-bond acceptors (Lipinski definition) is 3. The Hall–Kier alpha value is -1.76. The summed E-state index contributed by atoms with van der Waals surface area (Å²) in [6.07, 6.45) is 7.79. The summed E-state index contributed by atoms with van der Waals surface area (Å²) in [4.78, 5) is 16.5. The lowest BCUT2D eigenvalue weighted by Gasteiger charge is -2.38. The highest BCUT2D eigenvalue weighted by atomic mass is 35.5. The zero-order chi connectivity index (χ0) is 20.1. The smallest absolute Gasteiger partial charge is 0.319 e. The Kier molecular flexibility index (Phi) is 6.86. The lowest BCUT2D eigenvalue weighted by atomic mass is 9.81. The first-order valence-corrected chi connectivity index (χ1v) is 10.1. The number of aromatic nitrogens is 1. The molecule has 0 aliphatic heterocycles. The van der Waals surface area contributed by atoms with Crippen LogP contribution < -0.4 is 16.0 Å². The fraction of sp³-hybridized carbons (Fsp3) is 0.368. The molecule has 3 rings (SSSR count). The molecule has 1 heterocycles. The minimum Gasteiger partial charge on any atom is -0.380 e. The van der Waals surface area contributed by atoms with Gasteiger partial charge in [-0.25, -0.2) is 9.18 Å². The number of amides is 2. The molecule has 9 heteroatoms. The van der Waals surface area contributed by atoms with Crippen molar-refractivity contribution >= 4 is 52.2 Å². The highest BCUT2D eigenvalue weighted by Gasteiger charge is 2.34. The van der Waals surface area contributed by atoms with E-state index in [1.165, 1.54) is 30.6 Å². The summed E-state index contributed by atoms with van der Waals surface area (Å²) in [7, 11) is 0. The van der Waals surface area contributed by atoms with Crippen LogP contribution in [0.4, 0.5) is 20.6 Å². The van der Waals surface area contributed by atoms with Gasteiger partial charge in [-0.15, -0.1) is 0 Å². The molecule has 2 aromatic rings. The average molecular weight is 446 g/mol. The summed E-state index contributed by atoms with van der Waals surface area (Å²) < 4.78 is 13.3. The van der Waals surface area contributed by atoms with Gasteiger partial charge in [0.05, 0.1) is 26.3 Å². The van der Waals surface area contributed by atoms with Crippen molar-refractivity contribution in [3.05, 3.63) is 51.5 Å². The third kappa shape index (κ3) is 5.19. The molecule has 150 valence electrons. The second-order valence-electron chi connectivity index (χ2n) is 6.88. The minimum atomic E-state index is -0.535. The van der Waals surface area contributed by atoms with Gasteiger partial charge in [0, 0.05) is 24.6 Å². The summed E-state index contributed by atoms with van der Waals surface area (Å²) in [5.74, 6) is -0.535. The van der Waals surface area contributed by atoms with Crippen LogP contribution >= 0.6 is 34.8 Å². The van der Waals surface area contributed by atoms with Crippen molar-refractivity contribution in [2.24, 2.45) is 0 Å². The molecule has 0 saturated heterocycles. The van der Waals surface area contributed by atoms with Gasteiger partial charge < -0.3 is 16.0 Å². The van der Waals surface area contributed by atoms with E-state index in [1.54, 1.807) is 0 Å². The molecule has 3 N–H and O–H groups in total. The van der Waals surface area contributed by atoms with E-state index in [9.17, 15) is 9.18 Å². The summed E-state index contributed by atoms with van der Waals surface area (Å²) >= 11 is 18.1. The van der Waals surface area contributed by atoms with Crippen LogP contribution in [0.2, 0.25) is 15.1 Å². The Morgan fingerprint density at radius 2 is 1.75 bits per heavy atom. The molecule has 0 radical (unpaired) electrons. The van der Waals surface area contributed by atoms with Crippen molar-refractivity contribution in [3.63, 3.8) is 0 Å². The SMILES string of the molecule is O=C(Nc1ccc(F)c(Cl)c1)NC1(CNc2c(Cl)cncc2Cl)CCCCC1. The Labute approximate surface area is 178 Å². The molecule has 0 unspecified atom stereocenters. The lowest BCUT2D eigenvalue weighted by molar-refractivity contribution is 0.218. The lowest BCUT2D eigenvalue weighted by Crippen LogP contribution is -2.55. The van der Waals surface area contributed by atoms with Gasteiger partial charge in [-0.05, 0) is 31.0 Å². The van der Waals surface area contributed by atoms with Crippen molar-refractivity contribution in [1.29, 1.82) is 0 Å². The van der Waals surface area contributed by atoms with Crippen LogP contribution in [0.1, 0.15) is 32.1 Å². The average Bonchev–Trinajstić information content (AvgIpc) is 2.65. The van der Waals surface area contributed by atoms with Crippen LogP contribution in [0.15, 0.2) is 30.6 Å². The molecule has 2 amide bonds. The summed E-state index contributed by atoms with van der Waals surface area (Å²) in [6.45, 7) is 0.466. The Balaban J connectivity index is 1.70. The number of nitrogens with zero attached hydrogens (tertiary/aromatic N) is 1. The van der Waals surface area contributed by atoms with Gasteiger partial charge in [-0.1, -0.05) is 54.1 Å². The molecule has 1 aliphatic carbocycles. The van der Waals surface area contributed by atoms with Crippen LogP contribution in [-0.2, 0) is 0 Å². The molecular weight excluding hydrogens is 426 g/mol. The van der Waals surface area contributed by atoms with Crippen LogP contribution in [0, 0.1) is 5.82 Å². The van der Waals surface area contributed by atoms with Crippen molar-refractivity contribution in [2.45, 2.75) is 37.6 Å². The van der Waals surface area contributed by atoms with Gasteiger partial charge in [0.1, 0.15) is 5.82 Å². The van der Waals surface area contributed by atoms with Crippen molar-refractivity contribution in [1.82, 2.24) is 10.3 Å². The summed E-state index contributed by atoms with van der Waals surface area (Å²) in [6, 6.07) is 3.67. The summed E-state index contributed by atoms with van der Waals surface area (Å²) in [5.41, 5.74) is 0.557. The number of nitrogens with one attached hydrogen (secondary N) is 3. The van der Waals surface area contributed by atoms with E-state index in [2.05, 4.69) is 20.9 Å². The molecule has 1 fully saturated rings. The molecule has 1 aromatic heterocycles. The first-order valence-electron chi connectivity index (χ1n) is 8.96. The number of rotatable bonds is 5. The molecule has 5 nitrogen and oxygen atoms in total. The number of benzene rings is 1. The third-order valence-electron chi connectivity index (χ3n) is 4.82. The zero-order valence-corrected chi connectivity index (χ0v) is 17.3. The van der Waals surface area contributed by atoms with Crippen molar-refractivity contribution in [2.75, 3.05) is 17.2 Å². The fourth-order valence-corrected chi connectivity index (χ4v) is 4.07. The van der Waals surface area contributed by atoms with Gasteiger partial charge in [0.15, 0.2) is 0 Å². The number of pyridine rings is 1. The molecular formula is C19H20Cl3FN4O. The maximum atomic E-state index is 13.3. The standard InChI is InChI=1S/C19H20Cl3FN4O/c20-13-8-12(4-5-16(13)23)26-18(28)27-19(6-2-1-3-7-19)11-25-17-14(21)9-24-10-15(17)22/h4-5,8-10H,1-3,6-7,11H2,(H,24,25)(H2,26,27,28). The largest absolute Gasteiger partial charge is 0.380 e. The fourth-order valence-electron chi connectivity index (χ4n) is 3.39. The van der Waals surface area contributed by atoms with Crippen molar-refractivity contribution < 1.29 is 9.18 Å². The van der Waals surface area contributed by atoms with Crippen LogP contribution in [0.5, 0.6) is 0 Å². The van der Waals surface area contributed by atoms with E-state index >= 15 is 0 Å². The molecule has 1 saturated carbocycles. The molecule has 28 heavy (non-hydrogen) atoms. The quantitative estimate of drug-likeness (QED) is 0.519. The predicted molar refractivity (Wildman–Crippen MR) is 112 cm³/mol. The molecule has 1 aromatic carbocycles. The number of anilines is 2. The maximum absolute atomic E-state index is 13.3. The monoisotopic (exact) mass is 444 g/mol. The van der Waals surface area contributed by atoms with E-state index in [4.69, 9.17) is 34.8 Å². The zero-order valence-electron chi connectivity index (χ0n) is 15.0. The van der Waals surface area contributed by atoms with Crippen LogP contribution in [0.25, 0.3) is 0 Å². The van der Waals surface area contributed by atoms with Gasteiger partial charge in [-0.2, -0.15) is 0 Å². The molecule has 1 aliphatic rings. The summed E-state index contributed by atoms with van der Waals surface area (Å²) in [5, 5.41) is 9.84. The van der Waals surface area contributed by atoms with Crippen LogP contribution in [-0.4, -0.2) is 23.1 Å².